The zero-order valence-electron chi connectivity index (χ0n) is 18.0. The van der Waals surface area contributed by atoms with Gasteiger partial charge in [-0.1, -0.05) is 55.3 Å². The SMILES string of the molecule is CCSN[C@@H]1[C@H](Cc2cccc(-c3cccc(C(F)F)c3)c2F)N(C(=O)C2CC2)CC1(F)F. The number of hydrogen-bond donors (Lipinski definition) is 1. The Bertz CT molecular complexity index is 1010. The van der Waals surface area contributed by atoms with Gasteiger partial charge in [-0.3, -0.25) is 9.52 Å². The van der Waals surface area contributed by atoms with E-state index in [0.29, 0.717) is 18.6 Å². The number of hydrogen-bond acceptors (Lipinski definition) is 3. The molecule has 4 rings (SSSR count). The summed E-state index contributed by atoms with van der Waals surface area (Å²) in [6.07, 6.45) is -1.44. The summed E-state index contributed by atoms with van der Waals surface area (Å²) in [4.78, 5) is 14.0. The molecule has 1 aliphatic carbocycles. The van der Waals surface area contributed by atoms with E-state index in [2.05, 4.69) is 4.72 Å². The van der Waals surface area contributed by atoms with Gasteiger partial charge in [-0.25, -0.2) is 22.0 Å². The summed E-state index contributed by atoms with van der Waals surface area (Å²) in [6, 6.07) is 7.74. The van der Waals surface area contributed by atoms with Crippen LogP contribution in [0.2, 0.25) is 0 Å². The Morgan fingerprint density at radius 1 is 1.21 bits per heavy atom. The topological polar surface area (TPSA) is 32.3 Å². The predicted molar refractivity (Wildman–Crippen MR) is 119 cm³/mol. The van der Waals surface area contributed by atoms with Crippen LogP contribution in [0.15, 0.2) is 42.5 Å². The van der Waals surface area contributed by atoms with Crippen LogP contribution in [-0.4, -0.2) is 41.1 Å². The summed E-state index contributed by atoms with van der Waals surface area (Å²) >= 11 is 1.14. The number of amides is 1. The van der Waals surface area contributed by atoms with Crippen molar-refractivity contribution in [1.82, 2.24) is 9.62 Å². The molecular formula is C24H25F5N2OS. The van der Waals surface area contributed by atoms with Crippen LogP contribution in [0.1, 0.15) is 37.3 Å². The van der Waals surface area contributed by atoms with Crippen LogP contribution in [0.25, 0.3) is 11.1 Å². The van der Waals surface area contributed by atoms with Gasteiger partial charge in [0.25, 0.3) is 12.3 Å². The van der Waals surface area contributed by atoms with Gasteiger partial charge in [0.2, 0.25) is 5.91 Å². The van der Waals surface area contributed by atoms with Crippen molar-refractivity contribution in [2.75, 3.05) is 12.3 Å². The fraction of sp³-hybridized carbons (Fsp3) is 0.458. The molecule has 2 aliphatic rings. The number of rotatable bonds is 8. The Balaban J connectivity index is 1.67. The number of carbonyl (C=O) groups is 1. The van der Waals surface area contributed by atoms with Crippen LogP contribution in [0.5, 0.6) is 0 Å². The average Bonchev–Trinajstić information content (AvgIpc) is 3.59. The fourth-order valence-corrected chi connectivity index (χ4v) is 4.98. The summed E-state index contributed by atoms with van der Waals surface area (Å²) in [5, 5.41) is 0. The van der Waals surface area contributed by atoms with Crippen LogP contribution < -0.4 is 4.72 Å². The van der Waals surface area contributed by atoms with Gasteiger partial charge in [-0.05, 0) is 36.5 Å². The lowest BCUT2D eigenvalue weighted by Gasteiger charge is -2.28. The van der Waals surface area contributed by atoms with Crippen LogP contribution in [0.3, 0.4) is 0 Å². The molecular weight excluding hydrogens is 459 g/mol. The molecule has 0 spiro atoms. The first kappa shape index (κ1) is 24.0. The summed E-state index contributed by atoms with van der Waals surface area (Å²) < 4.78 is 74.3. The van der Waals surface area contributed by atoms with Gasteiger partial charge >= 0.3 is 0 Å². The van der Waals surface area contributed by atoms with Gasteiger partial charge in [0.05, 0.1) is 12.6 Å². The summed E-state index contributed by atoms with van der Waals surface area (Å²) in [6.45, 7) is 1.12. The Labute approximate surface area is 193 Å². The molecule has 0 radical (unpaired) electrons. The largest absolute Gasteiger partial charge is 0.331 e. The van der Waals surface area contributed by atoms with Gasteiger partial charge in [0.1, 0.15) is 11.9 Å². The second-order valence-electron chi connectivity index (χ2n) is 8.51. The zero-order chi connectivity index (χ0) is 23.8. The monoisotopic (exact) mass is 484 g/mol. The molecule has 9 heteroatoms. The van der Waals surface area contributed by atoms with Crippen molar-refractivity contribution in [2.45, 2.75) is 50.6 Å². The molecule has 1 aliphatic heterocycles. The maximum Gasteiger partial charge on any atom is 0.283 e. The quantitative estimate of drug-likeness (QED) is 0.377. The van der Waals surface area contributed by atoms with Crippen molar-refractivity contribution in [2.24, 2.45) is 5.92 Å². The molecule has 1 amide bonds. The van der Waals surface area contributed by atoms with E-state index in [0.717, 1.165) is 11.9 Å². The number of halogens is 5. The molecule has 0 unspecified atom stereocenters. The van der Waals surface area contributed by atoms with Crippen molar-refractivity contribution in [3.05, 3.63) is 59.4 Å². The molecule has 1 saturated heterocycles. The highest BCUT2D eigenvalue weighted by Gasteiger charge is 2.57. The molecule has 0 aromatic heterocycles. The molecule has 1 N–H and O–H groups in total. The minimum atomic E-state index is -3.16. The molecule has 2 aromatic carbocycles. The van der Waals surface area contributed by atoms with Crippen LogP contribution in [0.4, 0.5) is 22.0 Å². The van der Waals surface area contributed by atoms with E-state index in [-0.39, 0.29) is 40.5 Å². The van der Waals surface area contributed by atoms with Crippen LogP contribution >= 0.6 is 11.9 Å². The number of likely N-dealkylation sites (tertiary alicyclic amines) is 1. The van der Waals surface area contributed by atoms with E-state index in [4.69, 9.17) is 0 Å². The van der Waals surface area contributed by atoms with Crippen molar-refractivity contribution < 1.29 is 26.7 Å². The van der Waals surface area contributed by atoms with E-state index < -0.39 is 36.8 Å². The minimum Gasteiger partial charge on any atom is -0.331 e. The number of nitrogens with zero attached hydrogens (tertiary/aromatic N) is 1. The van der Waals surface area contributed by atoms with E-state index >= 15 is 4.39 Å². The lowest BCUT2D eigenvalue weighted by molar-refractivity contribution is -0.134. The fourth-order valence-electron chi connectivity index (χ4n) is 4.30. The van der Waals surface area contributed by atoms with Crippen molar-refractivity contribution in [3.63, 3.8) is 0 Å². The minimum absolute atomic E-state index is 0.107. The van der Waals surface area contributed by atoms with Gasteiger partial charge in [-0.2, -0.15) is 0 Å². The van der Waals surface area contributed by atoms with Gasteiger partial charge in [0.15, 0.2) is 0 Å². The molecule has 2 fully saturated rings. The van der Waals surface area contributed by atoms with Gasteiger partial charge < -0.3 is 4.90 Å². The second-order valence-corrected chi connectivity index (χ2v) is 9.61. The maximum atomic E-state index is 15.5. The Morgan fingerprint density at radius 2 is 1.94 bits per heavy atom. The van der Waals surface area contributed by atoms with E-state index in [1.807, 2.05) is 6.92 Å². The normalized spacial score (nSPS) is 22.2. The Kier molecular flexibility index (Phi) is 7.00. The summed E-state index contributed by atoms with van der Waals surface area (Å²) in [5.41, 5.74) is 0.340. The first-order valence-corrected chi connectivity index (χ1v) is 11.9. The molecule has 1 heterocycles. The highest BCUT2D eigenvalue weighted by atomic mass is 32.2. The highest BCUT2D eigenvalue weighted by molar-refractivity contribution is 7.97. The molecule has 33 heavy (non-hydrogen) atoms. The second kappa shape index (κ2) is 9.62. The number of alkyl halides is 4. The molecule has 2 aromatic rings. The van der Waals surface area contributed by atoms with Crippen LogP contribution in [0, 0.1) is 11.7 Å². The third-order valence-electron chi connectivity index (χ3n) is 6.14. The zero-order valence-corrected chi connectivity index (χ0v) is 18.9. The Morgan fingerprint density at radius 3 is 2.61 bits per heavy atom. The standard InChI is InChI=1S/C24H25F5N2OS/c1-2-33-30-21-19(31(13-24(21,28)29)23(32)14-9-10-14)12-16-6-4-8-18(20(16)25)15-5-3-7-17(11-15)22(26)27/h3-8,11,14,19,21-22,30H,2,9-10,12-13H2,1H3/t19-,21+/m0/s1. The van der Waals surface area contributed by atoms with E-state index in [1.54, 1.807) is 6.07 Å². The van der Waals surface area contributed by atoms with Crippen molar-refractivity contribution in [3.8, 4) is 11.1 Å². The lowest BCUT2D eigenvalue weighted by Crippen LogP contribution is -2.48. The molecule has 1 saturated carbocycles. The predicted octanol–water partition coefficient (Wildman–Crippen LogP) is 5.86. The van der Waals surface area contributed by atoms with Crippen molar-refractivity contribution in [1.29, 1.82) is 0 Å². The summed E-state index contributed by atoms with van der Waals surface area (Å²) in [5.74, 6) is -3.81. The van der Waals surface area contributed by atoms with Crippen molar-refractivity contribution >= 4 is 17.9 Å². The highest BCUT2D eigenvalue weighted by Crippen LogP contribution is 2.40. The number of benzene rings is 2. The average molecular weight is 485 g/mol. The molecule has 2 atom stereocenters. The third-order valence-corrected chi connectivity index (χ3v) is 6.85. The summed E-state index contributed by atoms with van der Waals surface area (Å²) in [7, 11) is 0. The number of carbonyl (C=O) groups excluding carboxylic acids is 1. The van der Waals surface area contributed by atoms with Gasteiger partial charge in [0, 0.05) is 22.8 Å². The van der Waals surface area contributed by atoms with E-state index in [9.17, 15) is 22.4 Å². The van der Waals surface area contributed by atoms with Gasteiger partial charge in [-0.15, -0.1) is 0 Å². The lowest BCUT2D eigenvalue weighted by atomic mass is 9.94. The molecule has 0 bridgehead atoms. The first-order chi connectivity index (χ1) is 15.7. The molecule has 178 valence electrons. The van der Waals surface area contributed by atoms with E-state index in [1.165, 1.54) is 41.3 Å². The third kappa shape index (κ3) is 5.04. The Hall–Kier alpha value is -2.13. The van der Waals surface area contributed by atoms with Crippen LogP contribution in [-0.2, 0) is 11.2 Å². The smallest absolute Gasteiger partial charge is 0.283 e. The first-order valence-electron chi connectivity index (χ1n) is 10.9. The maximum absolute atomic E-state index is 15.5. The molecule has 3 nitrogen and oxygen atoms in total. The number of nitrogens with one attached hydrogen (secondary N) is 1.